The fourth-order valence-corrected chi connectivity index (χ4v) is 2.72. The molecule has 0 bridgehead atoms. The van der Waals surface area contributed by atoms with Gasteiger partial charge in [0.15, 0.2) is 0 Å². The largest absolute Gasteiger partial charge is 0.397 e. The second kappa shape index (κ2) is 5.73. The highest BCUT2D eigenvalue weighted by molar-refractivity contribution is 5.95. The van der Waals surface area contributed by atoms with Gasteiger partial charge in [-0.2, -0.15) is 0 Å². The van der Waals surface area contributed by atoms with Crippen LogP contribution in [-0.2, 0) is 0 Å². The fraction of sp³-hybridized carbons (Fsp3) is 0.562. The Bertz CT molecular complexity index is 487. The Morgan fingerprint density at radius 3 is 2.60 bits per heavy atom. The first-order valence-corrected chi connectivity index (χ1v) is 7.32. The van der Waals surface area contributed by atoms with E-state index in [0.717, 1.165) is 12.2 Å². The van der Waals surface area contributed by atoms with Gasteiger partial charge in [-0.05, 0) is 42.9 Å². The molecule has 1 amide bonds. The average molecular weight is 275 g/mol. The molecule has 110 valence electrons. The minimum Gasteiger partial charge on any atom is -0.397 e. The van der Waals surface area contributed by atoms with Gasteiger partial charge in [0, 0.05) is 26.2 Å². The van der Waals surface area contributed by atoms with Crippen molar-refractivity contribution in [3.05, 3.63) is 23.8 Å². The molecule has 0 spiro atoms. The third-order valence-electron chi connectivity index (χ3n) is 4.52. The van der Waals surface area contributed by atoms with Crippen molar-refractivity contribution in [3.63, 3.8) is 0 Å². The van der Waals surface area contributed by atoms with Gasteiger partial charge in [0.2, 0.25) is 0 Å². The fourth-order valence-electron chi connectivity index (χ4n) is 2.72. The van der Waals surface area contributed by atoms with Gasteiger partial charge in [-0.25, -0.2) is 0 Å². The Labute approximate surface area is 121 Å². The van der Waals surface area contributed by atoms with Crippen LogP contribution in [0.4, 0.5) is 11.4 Å². The van der Waals surface area contributed by atoms with Crippen LogP contribution in [0.25, 0.3) is 0 Å². The lowest BCUT2D eigenvalue weighted by molar-refractivity contribution is 0.0827. The molecule has 2 rings (SSSR count). The highest BCUT2D eigenvalue weighted by Gasteiger charge is 2.34. The van der Waals surface area contributed by atoms with E-state index >= 15 is 0 Å². The third kappa shape index (κ3) is 2.89. The molecule has 1 aromatic carbocycles. The smallest absolute Gasteiger partial charge is 0.253 e. The summed E-state index contributed by atoms with van der Waals surface area (Å²) in [5, 5.41) is 3.45. The molecule has 4 nitrogen and oxygen atoms in total. The number of hydrogen-bond acceptors (Lipinski definition) is 3. The van der Waals surface area contributed by atoms with Gasteiger partial charge < -0.3 is 16.0 Å². The Hall–Kier alpha value is -1.71. The monoisotopic (exact) mass is 275 g/mol. The molecular formula is C16H25N3O. The first-order chi connectivity index (χ1) is 9.47. The van der Waals surface area contributed by atoms with Crippen molar-refractivity contribution in [2.75, 3.05) is 31.7 Å². The van der Waals surface area contributed by atoms with Crippen molar-refractivity contribution in [2.24, 2.45) is 5.41 Å². The molecule has 1 fully saturated rings. The summed E-state index contributed by atoms with van der Waals surface area (Å²) < 4.78 is 0. The van der Waals surface area contributed by atoms with Gasteiger partial charge in [0.1, 0.15) is 0 Å². The normalized spacial score (nSPS) is 16.4. The molecule has 1 aliphatic rings. The Morgan fingerprint density at radius 1 is 1.40 bits per heavy atom. The van der Waals surface area contributed by atoms with Crippen molar-refractivity contribution in [1.29, 1.82) is 0 Å². The molecule has 0 unspecified atom stereocenters. The summed E-state index contributed by atoms with van der Waals surface area (Å²) in [4.78, 5) is 13.6. The van der Waals surface area contributed by atoms with Crippen LogP contribution in [0.2, 0.25) is 0 Å². The van der Waals surface area contributed by atoms with Crippen molar-refractivity contribution in [2.45, 2.75) is 32.6 Å². The second-order valence-electron chi connectivity index (χ2n) is 6.06. The summed E-state index contributed by atoms with van der Waals surface area (Å²) in [6.07, 6.45) is 5.08. The number of amides is 1. The molecule has 0 saturated heterocycles. The van der Waals surface area contributed by atoms with E-state index in [4.69, 9.17) is 5.73 Å². The maximum atomic E-state index is 12.0. The van der Waals surface area contributed by atoms with E-state index in [1.807, 2.05) is 6.07 Å². The number of benzene rings is 1. The van der Waals surface area contributed by atoms with Crippen LogP contribution >= 0.6 is 0 Å². The van der Waals surface area contributed by atoms with Crippen LogP contribution in [0.15, 0.2) is 18.2 Å². The minimum absolute atomic E-state index is 0.00176. The number of carbonyl (C=O) groups is 1. The van der Waals surface area contributed by atoms with Crippen LogP contribution in [0.5, 0.6) is 0 Å². The minimum atomic E-state index is 0.00176. The van der Waals surface area contributed by atoms with Crippen molar-refractivity contribution < 1.29 is 4.79 Å². The lowest BCUT2D eigenvalue weighted by Gasteiger charge is -2.41. The highest BCUT2D eigenvalue weighted by atomic mass is 16.2. The maximum absolute atomic E-state index is 12.0. The summed E-state index contributed by atoms with van der Waals surface area (Å²) in [6.45, 7) is 3.18. The number of anilines is 2. The molecule has 1 aromatic rings. The number of nitrogens with two attached hydrogens (primary N) is 1. The standard InChI is InChI=1S/C16H25N3O/c1-4-16(8-5-9-16)11-18-14-10-12(6-7-13(14)17)15(20)19(2)3/h6-7,10,18H,4-5,8-9,11,17H2,1-3H3. The molecule has 20 heavy (non-hydrogen) atoms. The second-order valence-corrected chi connectivity index (χ2v) is 6.06. The highest BCUT2D eigenvalue weighted by Crippen LogP contribution is 2.43. The number of nitrogens with zero attached hydrogens (tertiary/aromatic N) is 1. The van der Waals surface area contributed by atoms with E-state index in [9.17, 15) is 4.79 Å². The van der Waals surface area contributed by atoms with Crippen LogP contribution in [0.3, 0.4) is 0 Å². The Morgan fingerprint density at radius 2 is 2.10 bits per heavy atom. The zero-order valence-corrected chi connectivity index (χ0v) is 12.7. The van der Waals surface area contributed by atoms with Gasteiger partial charge in [0.05, 0.1) is 11.4 Å². The lowest BCUT2D eigenvalue weighted by Crippen LogP contribution is -2.36. The van der Waals surface area contributed by atoms with Gasteiger partial charge in [-0.3, -0.25) is 4.79 Å². The summed E-state index contributed by atoms with van der Waals surface area (Å²) in [7, 11) is 3.51. The topological polar surface area (TPSA) is 58.4 Å². The number of rotatable bonds is 5. The van der Waals surface area contributed by atoms with Gasteiger partial charge in [-0.15, -0.1) is 0 Å². The number of carbonyl (C=O) groups excluding carboxylic acids is 1. The average Bonchev–Trinajstić information content (AvgIpc) is 2.39. The van der Waals surface area contributed by atoms with Crippen LogP contribution in [0.1, 0.15) is 43.0 Å². The Balaban J connectivity index is 2.11. The predicted octanol–water partition coefficient (Wildman–Crippen LogP) is 2.96. The number of nitrogen functional groups attached to an aromatic ring is 1. The summed E-state index contributed by atoms with van der Waals surface area (Å²) in [5.41, 5.74) is 8.68. The third-order valence-corrected chi connectivity index (χ3v) is 4.52. The molecule has 0 heterocycles. The van der Waals surface area contributed by atoms with Crippen molar-refractivity contribution in [1.82, 2.24) is 4.90 Å². The molecule has 0 aromatic heterocycles. The Kier molecular flexibility index (Phi) is 4.21. The zero-order chi connectivity index (χ0) is 14.8. The molecule has 0 atom stereocenters. The summed E-state index contributed by atoms with van der Waals surface area (Å²) in [6, 6.07) is 5.44. The van der Waals surface area contributed by atoms with E-state index in [2.05, 4.69) is 12.2 Å². The van der Waals surface area contributed by atoms with E-state index in [1.54, 1.807) is 31.1 Å². The van der Waals surface area contributed by atoms with Crippen LogP contribution < -0.4 is 11.1 Å². The van der Waals surface area contributed by atoms with Gasteiger partial charge in [-0.1, -0.05) is 13.3 Å². The van der Waals surface area contributed by atoms with E-state index < -0.39 is 0 Å². The van der Waals surface area contributed by atoms with E-state index in [-0.39, 0.29) is 5.91 Å². The first kappa shape index (κ1) is 14.7. The number of nitrogens with one attached hydrogen (secondary N) is 1. The molecule has 1 aliphatic carbocycles. The molecule has 1 saturated carbocycles. The maximum Gasteiger partial charge on any atom is 0.253 e. The summed E-state index contributed by atoms with van der Waals surface area (Å²) in [5.74, 6) is 0.00176. The summed E-state index contributed by atoms with van der Waals surface area (Å²) >= 11 is 0. The van der Waals surface area contributed by atoms with Gasteiger partial charge in [0.25, 0.3) is 5.91 Å². The van der Waals surface area contributed by atoms with E-state index in [1.165, 1.54) is 25.7 Å². The van der Waals surface area contributed by atoms with E-state index in [0.29, 0.717) is 16.7 Å². The zero-order valence-electron chi connectivity index (χ0n) is 12.7. The molecule has 0 radical (unpaired) electrons. The molecule has 0 aliphatic heterocycles. The molecule has 3 N–H and O–H groups in total. The molecular weight excluding hydrogens is 250 g/mol. The predicted molar refractivity (Wildman–Crippen MR) is 83.9 cm³/mol. The lowest BCUT2D eigenvalue weighted by atomic mass is 9.67. The number of hydrogen-bond donors (Lipinski definition) is 2. The quantitative estimate of drug-likeness (QED) is 0.812. The van der Waals surface area contributed by atoms with Crippen LogP contribution in [-0.4, -0.2) is 31.4 Å². The van der Waals surface area contributed by atoms with Gasteiger partial charge >= 0.3 is 0 Å². The van der Waals surface area contributed by atoms with Crippen LogP contribution in [0, 0.1) is 5.41 Å². The SMILES string of the molecule is CCC1(CNc2cc(C(=O)N(C)C)ccc2N)CCC1. The van der Waals surface area contributed by atoms with Crippen molar-refractivity contribution in [3.8, 4) is 0 Å². The molecule has 4 heteroatoms. The van der Waals surface area contributed by atoms with Crippen molar-refractivity contribution >= 4 is 17.3 Å². The first-order valence-electron chi connectivity index (χ1n) is 7.32.